The van der Waals surface area contributed by atoms with Crippen molar-refractivity contribution in [1.82, 2.24) is 4.90 Å². The van der Waals surface area contributed by atoms with Gasteiger partial charge in [0.2, 0.25) is 0 Å². The van der Waals surface area contributed by atoms with Crippen LogP contribution >= 0.6 is 0 Å². The summed E-state index contributed by atoms with van der Waals surface area (Å²) in [4.78, 5) is 2.62. The van der Waals surface area contributed by atoms with Crippen LogP contribution in [0.15, 0.2) is 0 Å². The van der Waals surface area contributed by atoms with E-state index >= 15 is 0 Å². The molecule has 0 aromatic carbocycles. The van der Waals surface area contributed by atoms with Crippen LogP contribution in [0.5, 0.6) is 0 Å². The summed E-state index contributed by atoms with van der Waals surface area (Å²) in [6, 6.07) is 0.756. The van der Waals surface area contributed by atoms with E-state index in [1.165, 1.54) is 38.5 Å². The molecule has 4 nitrogen and oxygen atoms in total. The lowest BCUT2D eigenvalue weighted by Gasteiger charge is -2.31. The Morgan fingerprint density at radius 3 is 2.35 bits per heavy atom. The van der Waals surface area contributed by atoms with Crippen LogP contribution in [0.4, 0.5) is 0 Å². The van der Waals surface area contributed by atoms with E-state index in [0.717, 1.165) is 58.3 Å². The van der Waals surface area contributed by atoms with Crippen molar-refractivity contribution in [1.29, 1.82) is 0 Å². The van der Waals surface area contributed by atoms with Crippen molar-refractivity contribution in [3.8, 4) is 0 Å². The summed E-state index contributed by atoms with van der Waals surface area (Å²) in [6.45, 7) is 5.41. The number of ether oxygens (including phenoxy) is 2. The fraction of sp³-hybridized carbons (Fsp3) is 1.00. The van der Waals surface area contributed by atoms with Crippen LogP contribution < -0.4 is 5.73 Å². The van der Waals surface area contributed by atoms with Crippen LogP contribution in [-0.4, -0.2) is 57.5 Å². The highest BCUT2D eigenvalue weighted by atomic mass is 16.5. The Kier molecular flexibility index (Phi) is 11.2. The highest BCUT2D eigenvalue weighted by Gasteiger charge is 2.19. The van der Waals surface area contributed by atoms with E-state index in [2.05, 4.69) is 4.90 Å². The van der Waals surface area contributed by atoms with Crippen molar-refractivity contribution in [3.63, 3.8) is 0 Å². The topological polar surface area (TPSA) is 47.7 Å². The molecule has 1 aliphatic carbocycles. The lowest BCUT2D eigenvalue weighted by Crippen LogP contribution is -2.39. The van der Waals surface area contributed by atoms with Crippen molar-refractivity contribution in [2.45, 2.75) is 57.4 Å². The summed E-state index contributed by atoms with van der Waals surface area (Å²) < 4.78 is 10.7. The Balaban J connectivity index is 2.23. The van der Waals surface area contributed by atoms with Crippen LogP contribution in [0.1, 0.15) is 51.4 Å². The highest BCUT2D eigenvalue weighted by Crippen LogP contribution is 2.21. The smallest absolute Gasteiger partial charge is 0.0593 e. The molecular formula is C16H34N2O2. The monoisotopic (exact) mass is 286 g/mol. The van der Waals surface area contributed by atoms with E-state index in [1.54, 1.807) is 7.11 Å². The molecule has 1 saturated carbocycles. The first kappa shape index (κ1) is 17.9. The number of nitrogens with two attached hydrogens (primary N) is 1. The minimum absolute atomic E-state index is 0.756. The lowest BCUT2D eigenvalue weighted by molar-refractivity contribution is 0.0687. The maximum absolute atomic E-state index is 5.72. The second-order valence-corrected chi connectivity index (χ2v) is 5.78. The molecule has 0 aliphatic heterocycles. The summed E-state index contributed by atoms with van der Waals surface area (Å²) in [5.74, 6) is 0. The van der Waals surface area contributed by atoms with Crippen LogP contribution in [0.2, 0.25) is 0 Å². The number of hydrogen-bond donors (Lipinski definition) is 1. The molecule has 0 radical (unpaired) electrons. The van der Waals surface area contributed by atoms with Crippen molar-refractivity contribution in [2.75, 3.05) is 46.6 Å². The van der Waals surface area contributed by atoms with E-state index in [9.17, 15) is 0 Å². The fourth-order valence-corrected chi connectivity index (χ4v) is 2.98. The maximum atomic E-state index is 5.72. The molecule has 0 bridgehead atoms. The van der Waals surface area contributed by atoms with Gasteiger partial charge >= 0.3 is 0 Å². The molecule has 4 heteroatoms. The van der Waals surface area contributed by atoms with Gasteiger partial charge in [-0.1, -0.05) is 25.7 Å². The molecule has 0 spiro atoms. The highest BCUT2D eigenvalue weighted by molar-refractivity contribution is 4.75. The molecule has 0 atom stereocenters. The summed E-state index contributed by atoms with van der Waals surface area (Å²) in [5.41, 5.74) is 5.68. The van der Waals surface area contributed by atoms with Gasteiger partial charge in [0.1, 0.15) is 0 Å². The third-order valence-electron chi connectivity index (χ3n) is 4.15. The first-order valence-electron chi connectivity index (χ1n) is 8.39. The fourth-order valence-electron chi connectivity index (χ4n) is 2.98. The molecule has 1 fully saturated rings. The normalized spacial score (nSPS) is 17.6. The van der Waals surface area contributed by atoms with Gasteiger partial charge in [-0.05, 0) is 38.8 Å². The molecule has 0 amide bonds. The van der Waals surface area contributed by atoms with Gasteiger partial charge in [-0.25, -0.2) is 0 Å². The first-order valence-corrected chi connectivity index (χ1v) is 8.39. The van der Waals surface area contributed by atoms with Crippen molar-refractivity contribution >= 4 is 0 Å². The largest absolute Gasteiger partial charge is 0.385 e. The lowest BCUT2D eigenvalue weighted by atomic mass is 10.1. The van der Waals surface area contributed by atoms with Crippen LogP contribution in [0.3, 0.4) is 0 Å². The molecule has 1 aliphatic rings. The minimum Gasteiger partial charge on any atom is -0.385 e. The number of rotatable bonds is 11. The maximum Gasteiger partial charge on any atom is 0.0593 e. The van der Waals surface area contributed by atoms with E-state index in [0.29, 0.717) is 0 Å². The summed E-state index contributed by atoms with van der Waals surface area (Å²) in [7, 11) is 1.74. The molecule has 2 N–H and O–H groups in total. The molecule has 0 aromatic heterocycles. The molecule has 0 heterocycles. The van der Waals surface area contributed by atoms with Gasteiger partial charge in [-0.15, -0.1) is 0 Å². The van der Waals surface area contributed by atoms with Gasteiger partial charge < -0.3 is 15.2 Å². The molecule has 120 valence electrons. The predicted molar refractivity (Wildman–Crippen MR) is 84.0 cm³/mol. The standard InChI is InChI=1S/C16H34N2O2/c1-19-13-7-14-20-15-12-18(11-6-10-17)16-8-4-2-3-5-9-16/h16H,2-15,17H2,1H3. The second kappa shape index (κ2) is 12.6. The zero-order valence-electron chi connectivity index (χ0n) is 13.3. The minimum atomic E-state index is 0.756. The quantitative estimate of drug-likeness (QED) is 0.468. The zero-order valence-corrected chi connectivity index (χ0v) is 13.3. The second-order valence-electron chi connectivity index (χ2n) is 5.78. The van der Waals surface area contributed by atoms with Crippen molar-refractivity contribution in [2.24, 2.45) is 5.73 Å². The van der Waals surface area contributed by atoms with E-state index in [1.807, 2.05) is 0 Å². The number of nitrogens with zero attached hydrogens (tertiary/aromatic N) is 1. The van der Waals surface area contributed by atoms with Crippen LogP contribution in [-0.2, 0) is 9.47 Å². The summed E-state index contributed by atoms with van der Waals surface area (Å²) >= 11 is 0. The Bertz CT molecular complexity index is 207. The molecule has 0 aromatic rings. The average molecular weight is 286 g/mol. The van der Waals surface area contributed by atoms with E-state index < -0.39 is 0 Å². The van der Waals surface area contributed by atoms with E-state index in [-0.39, 0.29) is 0 Å². The van der Waals surface area contributed by atoms with Crippen LogP contribution in [0.25, 0.3) is 0 Å². The first-order chi connectivity index (χ1) is 9.88. The SMILES string of the molecule is COCCCOCCN(CCCN)C1CCCCCC1. The average Bonchev–Trinajstić information content (AvgIpc) is 2.75. The van der Waals surface area contributed by atoms with Gasteiger partial charge in [0, 0.05) is 32.9 Å². The van der Waals surface area contributed by atoms with Gasteiger partial charge in [0.25, 0.3) is 0 Å². The van der Waals surface area contributed by atoms with Gasteiger partial charge in [-0.3, -0.25) is 4.90 Å². The van der Waals surface area contributed by atoms with Crippen molar-refractivity contribution < 1.29 is 9.47 Å². The zero-order chi connectivity index (χ0) is 14.5. The van der Waals surface area contributed by atoms with E-state index in [4.69, 9.17) is 15.2 Å². The summed E-state index contributed by atoms with van der Waals surface area (Å²) in [6.07, 6.45) is 10.4. The third kappa shape index (κ3) is 8.20. The Morgan fingerprint density at radius 2 is 1.70 bits per heavy atom. The molecule has 1 rings (SSSR count). The molecular weight excluding hydrogens is 252 g/mol. The van der Waals surface area contributed by atoms with Gasteiger partial charge in [-0.2, -0.15) is 0 Å². The van der Waals surface area contributed by atoms with Gasteiger partial charge in [0.05, 0.1) is 6.61 Å². The number of methoxy groups -OCH3 is 1. The summed E-state index contributed by atoms with van der Waals surface area (Å²) in [5, 5.41) is 0. The number of hydrogen-bond acceptors (Lipinski definition) is 4. The van der Waals surface area contributed by atoms with Gasteiger partial charge in [0.15, 0.2) is 0 Å². The predicted octanol–water partition coefficient (Wildman–Crippen LogP) is 2.41. The third-order valence-corrected chi connectivity index (χ3v) is 4.15. The molecule has 20 heavy (non-hydrogen) atoms. The molecule has 0 saturated heterocycles. The Labute approximate surface area is 125 Å². The Hall–Kier alpha value is -0.160. The Morgan fingerprint density at radius 1 is 0.950 bits per heavy atom. The molecule has 0 unspecified atom stereocenters. The van der Waals surface area contributed by atoms with Crippen LogP contribution in [0, 0.1) is 0 Å². The van der Waals surface area contributed by atoms with Crippen molar-refractivity contribution in [3.05, 3.63) is 0 Å².